The summed E-state index contributed by atoms with van der Waals surface area (Å²) in [5.74, 6) is -0.899. The first kappa shape index (κ1) is 12.7. The molecule has 2 amide bonds. The molecule has 2 N–H and O–H groups in total. The van der Waals surface area contributed by atoms with Gasteiger partial charge in [-0.1, -0.05) is 18.3 Å². The van der Waals surface area contributed by atoms with E-state index in [1.807, 2.05) is 6.92 Å². The van der Waals surface area contributed by atoms with E-state index in [1.54, 1.807) is 4.90 Å². The SMILES string of the molecule is CCCN1CCN(Cc2nnc(N)s2)C(=O)C1=O. The molecule has 1 aliphatic heterocycles. The summed E-state index contributed by atoms with van der Waals surface area (Å²) in [6.07, 6.45) is 0.853. The van der Waals surface area contributed by atoms with Crippen LogP contribution >= 0.6 is 11.3 Å². The van der Waals surface area contributed by atoms with Crippen LogP contribution < -0.4 is 5.73 Å². The van der Waals surface area contributed by atoms with Crippen molar-refractivity contribution >= 4 is 28.3 Å². The molecule has 1 fully saturated rings. The maximum Gasteiger partial charge on any atom is 0.312 e. The first-order valence-corrected chi connectivity index (χ1v) is 6.59. The Kier molecular flexibility index (Phi) is 3.75. The van der Waals surface area contributed by atoms with Gasteiger partial charge in [-0.15, -0.1) is 10.2 Å². The van der Waals surface area contributed by atoms with E-state index in [0.29, 0.717) is 36.3 Å². The summed E-state index contributed by atoms with van der Waals surface area (Å²) in [7, 11) is 0. The lowest BCUT2D eigenvalue weighted by Gasteiger charge is -2.33. The predicted molar refractivity (Wildman–Crippen MR) is 66.6 cm³/mol. The number of anilines is 1. The van der Waals surface area contributed by atoms with Gasteiger partial charge in [0.2, 0.25) is 5.13 Å². The highest BCUT2D eigenvalue weighted by Crippen LogP contribution is 2.15. The van der Waals surface area contributed by atoms with E-state index in [9.17, 15) is 9.59 Å². The molecular weight excluding hydrogens is 254 g/mol. The highest BCUT2D eigenvalue weighted by Gasteiger charge is 2.32. The van der Waals surface area contributed by atoms with Crippen molar-refractivity contribution in [3.8, 4) is 0 Å². The highest BCUT2D eigenvalue weighted by atomic mass is 32.1. The molecule has 0 aliphatic carbocycles. The summed E-state index contributed by atoms with van der Waals surface area (Å²) in [6.45, 7) is 4.02. The fourth-order valence-corrected chi connectivity index (χ4v) is 2.47. The van der Waals surface area contributed by atoms with Crippen molar-refractivity contribution in [1.82, 2.24) is 20.0 Å². The van der Waals surface area contributed by atoms with Crippen LogP contribution in [-0.2, 0) is 16.1 Å². The molecule has 8 heteroatoms. The van der Waals surface area contributed by atoms with Crippen molar-refractivity contribution in [2.45, 2.75) is 19.9 Å². The Labute approximate surface area is 109 Å². The molecule has 7 nitrogen and oxygen atoms in total. The summed E-state index contributed by atoms with van der Waals surface area (Å²) < 4.78 is 0. The van der Waals surface area contributed by atoms with Gasteiger partial charge in [-0.3, -0.25) is 9.59 Å². The first-order chi connectivity index (χ1) is 8.61. The first-order valence-electron chi connectivity index (χ1n) is 5.78. The van der Waals surface area contributed by atoms with Crippen molar-refractivity contribution in [1.29, 1.82) is 0 Å². The van der Waals surface area contributed by atoms with E-state index in [0.717, 1.165) is 6.42 Å². The van der Waals surface area contributed by atoms with E-state index in [-0.39, 0.29) is 0 Å². The smallest absolute Gasteiger partial charge is 0.312 e. The number of aromatic nitrogens is 2. The maximum atomic E-state index is 11.9. The van der Waals surface area contributed by atoms with E-state index >= 15 is 0 Å². The van der Waals surface area contributed by atoms with Crippen LogP contribution in [0.1, 0.15) is 18.4 Å². The van der Waals surface area contributed by atoms with Gasteiger partial charge in [-0.2, -0.15) is 0 Å². The molecule has 0 atom stereocenters. The highest BCUT2D eigenvalue weighted by molar-refractivity contribution is 7.15. The third kappa shape index (κ3) is 2.58. The average molecular weight is 269 g/mol. The number of piperazine rings is 1. The number of rotatable bonds is 4. The quantitative estimate of drug-likeness (QED) is 0.758. The lowest BCUT2D eigenvalue weighted by atomic mass is 10.2. The van der Waals surface area contributed by atoms with Gasteiger partial charge in [-0.25, -0.2) is 0 Å². The summed E-state index contributed by atoms with van der Waals surface area (Å²) >= 11 is 1.23. The summed E-state index contributed by atoms with van der Waals surface area (Å²) in [6, 6.07) is 0. The van der Waals surface area contributed by atoms with Crippen molar-refractivity contribution in [2.75, 3.05) is 25.4 Å². The number of nitrogen functional groups attached to an aromatic ring is 1. The second-order valence-electron chi connectivity index (χ2n) is 4.05. The molecule has 2 rings (SSSR count). The van der Waals surface area contributed by atoms with E-state index < -0.39 is 11.8 Å². The molecule has 1 aromatic heterocycles. The van der Waals surface area contributed by atoms with Crippen molar-refractivity contribution in [3.05, 3.63) is 5.01 Å². The van der Waals surface area contributed by atoms with Gasteiger partial charge in [-0.05, 0) is 6.42 Å². The molecule has 0 aromatic carbocycles. The lowest BCUT2D eigenvalue weighted by molar-refractivity contribution is -0.156. The summed E-state index contributed by atoms with van der Waals surface area (Å²) in [5, 5.41) is 8.55. The Bertz CT molecular complexity index is 461. The summed E-state index contributed by atoms with van der Waals surface area (Å²) in [4.78, 5) is 26.8. The Morgan fingerprint density at radius 3 is 2.50 bits per heavy atom. The third-order valence-electron chi connectivity index (χ3n) is 2.70. The summed E-state index contributed by atoms with van der Waals surface area (Å²) in [5.41, 5.74) is 5.47. The Morgan fingerprint density at radius 1 is 1.22 bits per heavy atom. The van der Waals surface area contributed by atoms with Crippen LogP contribution in [0.2, 0.25) is 0 Å². The average Bonchev–Trinajstić information content (AvgIpc) is 2.75. The second kappa shape index (κ2) is 5.30. The number of hydrogen-bond acceptors (Lipinski definition) is 6. The molecule has 18 heavy (non-hydrogen) atoms. The molecule has 1 aromatic rings. The molecule has 1 saturated heterocycles. The van der Waals surface area contributed by atoms with Crippen LogP contribution in [0.25, 0.3) is 0 Å². The van der Waals surface area contributed by atoms with Crippen LogP contribution in [0.5, 0.6) is 0 Å². The van der Waals surface area contributed by atoms with E-state index in [1.165, 1.54) is 16.2 Å². The zero-order chi connectivity index (χ0) is 13.1. The number of nitrogens with zero attached hydrogens (tertiary/aromatic N) is 4. The zero-order valence-electron chi connectivity index (χ0n) is 10.1. The Morgan fingerprint density at radius 2 is 1.89 bits per heavy atom. The van der Waals surface area contributed by atoms with Gasteiger partial charge in [0, 0.05) is 19.6 Å². The normalized spacial score (nSPS) is 16.5. The van der Waals surface area contributed by atoms with Gasteiger partial charge in [0.25, 0.3) is 0 Å². The fourth-order valence-electron chi connectivity index (χ4n) is 1.84. The molecule has 98 valence electrons. The van der Waals surface area contributed by atoms with Crippen LogP contribution in [-0.4, -0.2) is 51.4 Å². The second-order valence-corrected chi connectivity index (χ2v) is 5.15. The van der Waals surface area contributed by atoms with E-state index in [4.69, 9.17) is 5.73 Å². The lowest BCUT2D eigenvalue weighted by Crippen LogP contribution is -2.53. The van der Waals surface area contributed by atoms with Gasteiger partial charge in [0.15, 0.2) is 0 Å². The van der Waals surface area contributed by atoms with Crippen LogP contribution in [0.15, 0.2) is 0 Å². The largest absolute Gasteiger partial charge is 0.374 e. The number of nitrogens with two attached hydrogens (primary N) is 1. The van der Waals surface area contributed by atoms with Crippen LogP contribution in [0, 0.1) is 0 Å². The molecule has 0 radical (unpaired) electrons. The number of amides is 2. The number of carbonyl (C=O) groups excluding carboxylic acids is 2. The molecule has 2 heterocycles. The molecule has 0 bridgehead atoms. The fraction of sp³-hybridized carbons (Fsp3) is 0.600. The topological polar surface area (TPSA) is 92.4 Å². The molecule has 1 aliphatic rings. The zero-order valence-corrected chi connectivity index (χ0v) is 10.9. The van der Waals surface area contributed by atoms with Gasteiger partial charge >= 0.3 is 11.8 Å². The minimum absolute atomic E-state index is 0.305. The maximum absolute atomic E-state index is 11.9. The Balaban J connectivity index is 2.00. The molecular formula is C10H15N5O2S. The van der Waals surface area contributed by atoms with Crippen molar-refractivity contribution < 1.29 is 9.59 Å². The van der Waals surface area contributed by atoms with Gasteiger partial charge < -0.3 is 15.5 Å². The monoisotopic (exact) mass is 269 g/mol. The van der Waals surface area contributed by atoms with Gasteiger partial charge in [0.1, 0.15) is 5.01 Å². The number of hydrogen-bond donors (Lipinski definition) is 1. The Hall–Kier alpha value is -1.70. The number of carbonyl (C=O) groups is 2. The van der Waals surface area contributed by atoms with Crippen LogP contribution in [0.4, 0.5) is 5.13 Å². The molecule has 0 spiro atoms. The predicted octanol–water partition coefficient (Wildman–Crippen LogP) is -0.299. The molecule has 0 unspecified atom stereocenters. The molecule has 0 saturated carbocycles. The van der Waals surface area contributed by atoms with E-state index in [2.05, 4.69) is 10.2 Å². The minimum Gasteiger partial charge on any atom is -0.374 e. The van der Waals surface area contributed by atoms with Crippen LogP contribution in [0.3, 0.4) is 0 Å². The third-order valence-corrected chi connectivity index (χ3v) is 3.44. The van der Waals surface area contributed by atoms with Gasteiger partial charge in [0.05, 0.1) is 6.54 Å². The standard InChI is InChI=1S/C10H15N5O2S/c1-2-3-14-4-5-15(9(17)8(14)16)6-7-12-13-10(11)18-7/h2-6H2,1H3,(H2,11,13). The minimum atomic E-state index is -0.469. The van der Waals surface area contributed by atoms with Crippen molar-refractivity contribution in [2.24, 2.45) is 0 Å². The van der Waals surface area contributed by atoms with Crippen molar-refractivity contribution in [3.63, 3.8) is 0 Å².